The van der Waals surface area contributed by atoms with Crippen molar-refractivity contribution in [3.8, 4) is 0 Å². The van der Waals surface area contributed by atoms with Gasteiger partial charge in [0.05, 0.1) is 5.60 Å². The van der Waals surface area contributed by atoms with Gasteiger partial charge < -0.3 is 4.74 Å². The normalized spacial score (nSPS) is 33.5. The van der Waals surface area contributed by atoms with Crippen LogP contribution >= 0.6 is 0 Å². The summed E-state index contributed by atoms with van der Waals surface area (Å²) in [6.45, 7) is -0.612. The maximum absolute atomic E-state index is 13.7. The first-order valence-corrected chi connectivity index (χ1v) is 9.50. The minimum atomic E-state index is -5.74. The van der Waals surface area contributed by atoms with Crippen molar-refractivity contribution in [2.24, 2.45) is 17.8 Å². The Labute approximate surface area is 157 Å². The zero-order chi connectivity index (χ0) is 21.0. The van der Waals surface area contributed by atoms with Crippen molar-refractivity contribution >= 4 is 0 Å². The lowest BCUT2D eigenvalue weighted by atomic mass is 9.54. The molecule has 0 aromatic carbocycles. The van der Waals surface area contributed by atoms with E-state index in [4.69, 9.17) is 4.74 Å². The van der Waals surface area contributed by atoms with E-state index < -0.39 is 42.5 Å². The molecule has 0 spiro atoms. The third-order valence-electron chi connectivity index (χ3n) is 6.22. The summed E-state index contributed by atoms with van der Waals surface area (Å²) >= 11 is 0. The van der Waals surface area contributed by atoms with Gasteiger partial charge in [0.2, 0.25) is 0 Å². The number of alkyl halides is 8. The van der Waals surface area contributed by atoms with E-state index in [1.165, 1.54) is 0 Å². The highest BCUT2D eigenvalue weighted by Gasteiger charge is 2.67. The first kappa shape index (κ1) is 22.1. The molecule has 4 fully saturated rings. The van der Waals surface area contributed by atoms with Crippen LogP contribution in [0.3, 0.4) is 0 Å². The van der Waals surface area contributed by atoms with Gasteiger partial charge in [0.15, 0.2) is 0 Å². The minimum absolute atomic E-state index is 0.224. The summed E-state index contributed by atoms with van der Waals surface area (Å²) in [5.74, 6) is -8.43. The van der Waals surface area contributed by atoms with E-state index in [-0.39, 0.29) is 13.5 Å². The fourth-order valence-electron chi connectivity index (χ4n) is 5.26. The van der Waals surface area contributed by atoms with Gasteiger partial charge in [0.25, 0.3) is 0 Å². The summed E-state index contributed by atoms with van der Waals surface area (Å²) in [5, 5.41) is 0. The second kappa shape index (κ2) is 6.96. The minimum Gasteiger partial charge on any atom is -0.375 e. The molecule has 4 rings (SSSR count). The first-order valence-electron chi connectivity index (χ1n) is 9.50. The smallest absolute Gasteiger partial charge is 0.375 e. The van der Waals surface area contributed by atoms with Crippen molar-refractivity contribution in [3.05, 3.63) is 0 Å². The summed E-state index contributed by atoms with van der Waals surface area (Å²) in [7, 11) is 0. The fourth-order valence-corrected chi connectivity index (χ4v) is 5.26. The molecule has 0 radical (unpaired) electrons. The van der Waals surface area contributed by atoms with Gasteiger partial charge in [-0.2, -0.15) is 35.1 Å². The standard InChI is InChI=1S/C18H24F8O2/c1-14(19,20)17(23,24)28-18(25,26)16(21,22)3-2-4-27-15-8-11-5-12(9-15)7-13(6-11)10-15/h11-13H,2-10H2,1H3. The molecule has 4 saturated carbocycles. The molecule has 4 aliphatic carbocycles. The molecule has 4 aliphatic rings. The summed E-state index contributed by atoms with van der Waals surface area (Å²) in [4.78, 5) is 0. The molecule has 2 nitrogen and oxygen atoms in total. The number of ether oxygens (including phenoxy) is 2. The van der Waals surface area contributed by atoms with Crippen molar-refractivity contribution in [1.82, 2.24) is 0 Å². The SMILES string of the molecule is CC(F)(F)C(F)(F)OC(F)(F)C(F)(F)CCCOC12CC3CC(CC(C3)C1)C2. The molecule has 0 unspecified atom stereocenters. The van der Waals surface area contributed by atoms with Gasteiger partial charge >= 0.3 is 24.1 Å². The van der Waals surface area contributed by atoms with Crippen LogP contribution < -0.4 is 0 Å². The second-order valence-electron chi connectivity index (χ2n) is 8.78. The van der Waals surface area contributed by atoms with Crippen LogP contribution in [0.25, 0.3) is 0 Å². The Morgan fingerprint density at radius 3 is 1.68 bits per heavy atom. The summed E-state index contributed by atoms with van der Waals surface area (Å²) in [6.07, 6.45) is -7.61. The molecule has 28 heavy (non-hydrogen) atoms. The first-order chi connectivity index (χ1) is 12.6. The van der Waals surface area contributed by atoms with Crippen LogP contribution in [0.1, 0.15) is 58.3 Å². The number of hydrogen-bond donors (Lipinski definition) is 0. The molecular formula is C18H24F8O2. The highest BCUT2D eigenvalue weighted by molar-refractivity contribution is 5.03. The van der Waals surface area contributed by atoms with Crippen LogP contribution in [0.4, 0.5) is 35.1 Å². The van der Waals surface area contributed by atoms with Crippen LogP contribution in [0.5, 0.6) is 0 Å². The van der Waals surface area contributed by atoms with E-state index in [1.54, 1.807) is 0 Å². The van der Waals surface area contributed by atoms with E-state index >= 15 is 0 Å². The molecule has 164 valence electrons. The highest BCUT2D eigenvalue weighted by Crippen LogP contribution is 2.57. The lowest BCUT2D eigenvalue weighted by Crippen LogP contribution is -2.53. The number of hydrogen-bond acceptors (Lipinski definition) is 2. The van der Waals surface area contributed by atoms with E-state index in [1.807, 2.05) is 0 Å². The van der Waals surface area contributed by atoms with Crippen molar-refractivity contribution in [2.75, 3.05) is 6.61 Å². The van der Waals surface area contributed by atoms with Crippen molar-refractivity contribution < 1.29 is 44.6 Å². The number of halogens is 8. The molecule has 0 heterocycles. The van der Waals surface area contributed by atoms with Gasteiger partial charge in [-0.15, -0.1) is 0 Å². The van der Waals surface area contributed by atoms with Gasteiger partial charge in [-0.3, -0.25) is 0 Å². The number of rotatable bonds is 9. The Balaban J connectivity index is 1.51. The van der Waals surface area contributed by atoms with Gasteiger partial charge in [-0.05, 0) is 62.7 Å². The fraction of sp³-hybridized carbons (Fsp3) is 1.00. The van der Waals surface area contributed by atoms with E-state index in [0.717, 1.165) is 38.5 Å². The van der Waals surface area contributed by atoms with Crippen molar-refractivity contribution in [2.45, 2.75) is 88.0 Å². The van der Waals surface area contributed by atoms with Crippen LogP contribution in [-0.4, -0.2) is 36.3 Å². The van der Waals surface area contributed by atoms with Gasteiger partial charge in [0.1, 0.15) is 0 Å². The lowest BCUT2D eigenvalue weighted by molar-refractivity contribution is -0.465. The van der Waals surface area contributed by atoms with E-state index in [2.05, 4.69) is 4.74 Å². The molecule has 0 saturated heterocycles. The van der Waals surface area contributed by atoms with Crippen LogP contribution in [0.2, 0.25) is 0 Å². The molecule has 0 atom stereocenters. The summed E-state index contributed by atoms with van der Waals surface area (Å²) in [6, 6.07) is 0. The molecule has 0 amide bonds. The maximum Gasteiger partial charge on any atom is 0.423 e. The lowest BCUT2D eigenvalue weighted by Gasteiger charge is -2.56. The summed E-state index contributed by atoms with van der Waals surface area (Å²) in [5.41, 5.74) is -0.402. The predicted molar refractivity (Wildman–Crippen MR) is 82.6 cm³/mol. The Morgan fingerprint density at radius 2 is 1.25 bits per heavy atom. The average molecular weight is 424 g/mol. The Kier molecular flexibility index (Phi) is 5.48. The highest BCUT2D eigenvalue weighted by atomic mass is 19.3. The molecule has 0 aliphatic heterocycles. The zero-order valence-electron chi connectivity index (χ0n) is 15.4. The average Bonchev–Trinajstić information content (AvgIpc) is 2.48. The molecule has 4 bridgehead atoms. The quantitative estimate of drug-likeness (QED) is 0.322. The zero-order valence-corrected chi connectivity index (χ0v) is 15.4. The van der Waals surface area contributed by atoms with Crippen molar-refractivity contribution in [3.63, 3.8) is 0 Å². The largest absolute Gasteiger partial charge is 0.423 e. The van der Waals surface area contributed by atoms with Gasteiger partial charge in [-0.25, -0.2) is 4.74 Å². The van der Waals surface area contributed by atoms with Crippen LogP contribution in [0.15, 0.2) is 0 Å². The van der Waals surface area contributed by atoms with E-state index in [9.17, 15) is 35.1 Å². The topological polar surface area (TPSA) is 18.5 Å². The molecule has 0 N–H and O–H groups in total. The molecule has 10 heteroatoms. The maximum atomic E-state index is 13.7. The van der Waals surface area contributed by atoms with Crippen LogP contribution in [0, 0.1) is 17.8 Å². The van der Waals surface area contributed by atoms with Crippen molar-refractivity contribution in [1.29, 1.82) is 0 Å². The monoisotopic (exact) mass is 424 g/mol. The van der Waals surface area contributed by atoms with Gasteiger partial charge in [0, 0.05) is 20.0 Å². The Morgan fingerprint density at radius 1 is 0.786 bits per heavy atom. The van der Waals surface area contributed by atoms with Crippen LogP contribution in [-0.2, 0) is 9.47 Å². The Bertz CT molecular complexity index is 537. The Hall–Kier alpha value is -0.640. The van der Waals surface area contributed by atoms with Gasteiger partial charge in [-0.1, -0.05) is 0 Å². The third kappa shape index (κ3) is 4.27. The third-order valence-corrected chi connectivity index (χ3v) is 6.22. The predicted octanol–water partition coefficient (Wildman–Crippen LogP) is 6.24. The summed E-state index contributed by atoms with van der Waals surface area (Å²) < 4.78 is 114. The molecule has 0 aromatic heterocycles. The molecule has 0 aromatic rings. The second-order valence-corrected chi connectivity index (χ2v) is 8.78. The molecular weight excluding hydrogens is 400 g/mol. The van der Waals surface area contributed by atoms with E-state index in [0.29, 0.717) is 17.8 Å².